The maximum atomic E-state index is 13.5. The van der Waals surface area contributed by atoms with Crippen molar-refractivity contribution in [1.82, 2.24) is 0 Å². The molecule has 6 heteroatoms. The van der Waals surface area contributed by atoms with E-state index >= 15 is 0 Å². The third-order valence-electron chi connectivity index (χ3n) is 3.53. The van der Waals surface area contributed by atoms with Gasteiger partial charge in [-0.15, -0.1) is 11.8 Å². The Hall–Kier alpha value is -2.34. The molecule has 1 aliphatic heterocycles. The summed E-state index contributed by atoms with van der Waals surface area (Å²) in [4.78, 5) is 25.1. The molecule has 3 rings (SSSR count). The average molecular weight is 330 g/mol. The van der Waals surface area contributed by atoms with E-state index in [2.05, 4.69) is 10.6 Å². The number of amides is 2. The van der Waals surface area contributed by atoms with Crippen molar-refractivity contribution in [2.24, 2.45) is 0 Å². The average Bonchev–Trinajstić information content (AvgIpc) is 2.51. The lowest BCUT2D eigenvalue weighted by Crippen LogP contribution is -2.32. The first-order valence-corrected chi connectivity index (χ1v) is 8.03. The smallest absolute Gasteiger partial charge is 0.238 e. The molecule has 1 heterocycles. The molecule has 1 unspecified atom stereocenters. The number of carbonyl (C=O) groups is 2. The van der Waals surface area contributed by atoms with Crippen LogP contribution >= 0.6 is 11.8 Å². The van der Waals surface area contributed by atoms with Crippen LogP contribution in [0.3, 0.4) is 0 Å². The lowest BCUT2D eigenvalue weighted by molar-refractivity contribution is -0.120. The molecule has 2 aromatic rings. The first-order valence-electron chi connectivity index (χ1n) is 7.15. The van der Waals surface area contributed by atoms with Crippen molar-refractivity contribution in [2.75, 3.05) is 10.6 Å². The first kappa shape index (κ1) is 15.6. The highest BCUT2D eigenvalue weighted by molar-refractivity contribution is 8.01. The molecule has 0 aliphatic carbocycles. The van der Waals surface area contributed by atoms with Gasteiger partial charge < -0.3 is 10.6 Å². The number of nitrogens with one attached hydrogen (secondary N) is 2. The van der Waals surface area contributed by atoms with Crippen LogP contribution < -0.4 is 10.6 Å². The molecule has 2 aromatic carbocycles. The number of aryl methyl sites for hydroxylation is 1. The Kier molecular flexibility index (Phi) is 4.34. The molecule has 0 saturated carbocycles. The van der Waals surface area contributed by atoms with Crippen LogP contribution in [0.25, 0.3) is 0 Å². The molecule has 4 nitrogen and oxygen atoms in total. The molecule has 2 N–H and O–H groups in total. The second-order valence-electron chi connectivity index (χ2n) is 5.31. The van der Waals surface area contributed by atoms with Gasteiger partial charge in [-0.25, -0.2) is 4.39 Å². The van der Waals surface area contributed by atoms with Gasteiger partial charge in [0.25, 0.3) is 0 Å². The summed E-state index contributed by atoms with van der Waals surface area (Å²) in [7, 11) is 0. The van der Waals surface area contributed by atoms with Crippen LogP contribution in [0, 0.1) is 12.7 Å². The number of hydrogen-bond acceptors (Lipinski definition) is 3. The molecular weight excluding hydrogens is 315 g/mol. The van der Waals surface area contributed by atoms with Crippen LogP contribution in [0.5, 0.6) is 0 Å². The van der Waals surface area contributed by atoms with Crippen LogP contribution in [0.15, 0.2) is 47.4 Å². The normalized spacial score (nSPS) is 16.4. The van der Waals surface area contributed by atoms with Crippen LogP contribution in [-0.2, 0) is 9.59 Å². The first-order chi connectivity index (χ1) is 11.0. The van der Waals surface area contributed by atoms with E-state index in [1.165, 1.54) is 17.8 Å². The van der Waals surface area contributed by atoms with Gasteiger partial charge in [0.05, 0.1) is 10.9 Å². The van der Waals surface area contributed by atoms with Crippen molar-refractivity contribution < 1.29 is 14.0 Å². The highest BCUT2D eigenvalue weighted by Gasteiger charge is 2.28. The summed E-state index contributed by atoms with van der Waals surface area (Å²) < 4.78 is 13.5. The van der Waals surface area contributed by atoms with Gasteiger partial charge in [-0.2, -0.15) is 0 Å². The Morgan fingerprint density at radius 1 is 1.30 bits per heavy atom. The molecule has 1 atom stereocenters. The minimum absolute atomic E-state index is 0.0281. The molecule has 118 valence electrons. The van der Waals surface area contributed by atoms with Gasteiger partial charge in [-0.3, -0.25) is 9.59 Å². The van der Waals surface area contributed by atoms with E-state index in [4.69, 9.17) is 0 Å². The second-order valence-corrected chi connectivity index (χ2v) is 6.55. The summed E-state index contributed by atoms with van der Waals surface area (Å²) in [6.07, 6.45) is 0.0281. The highest BCUT2D eigenvalue weighted by Crippen LogP contribution is 2.36. The van der Waals surface area contributed by atoms with E-state index in [0.717, 1.165) is 10.6 Å². The molecule has 1 aliphatic rings. The highest BCUT2D eigenvalue weighted by atomic mass is 32.2. The number of halogens is 1. The fraction of sp³-hybridized carbons (Fsp3) is 0.176. The van der Waals surface area contributed by atoms with Crippen molar-refractivity contribution in [3.05, 3.63) is 53.8 Å². The third-order valence-corrected chi connectivity index (χ3v) is 4.81. The number of para-hydroxylation sites is 1. The van der Waals surface area contributed by atoms with Gasteiger partial charge in [-0.05, 0) is 36.8 Å². The van der Waals surface area contributed by atoms with E-state index in [1.807, 2.05) is 24.3 Å². The molecule has 23 heavy (non-hydrogen) atoms. The van der Waals surface area contributed by atoms with Crippen LogP contribution in [-0.4, -0.2) is 17.1 Å². The van der Waals surface area contributed by atoms with Gasteiger partial charge in [0.2, 0.25) is 11.8 Å². The molecule has 0 aromatic heterocycles. The second kappa shape index (κ2) is 6.42. The fourth-order valence-electron chi connectivity index (χ4n) is 2.28. The Labute approximate surface area is 137 Å². The van der Waals surface area contributed by atoms with Crippen LogP contribution in [0.1, 0.15) is 12.0 Å². The van der Waals surface area contributed by atoms with E-state index in [-0.39, 0.29) is 24.1 Å². The van der Waals surface area contributed by atoms with Crippen LogP contribution in [0.4, 0.5) is 15.8 Å². The Balaban J connectivity index is 1.66. The Bertz CT molecular complexity index is 779. The maximum Gasteiger partial charge on any atom is 0.238 e. The Morgan fingerprint density at radius 3 is 2.87 bits per heavy atom. The topological polar surface area (TPSA) is 58.2 Å². The maximum absolute atomic E-state index is 13.5. The minimum atomic E-state index is -0.500. The lowest BCUT2D eigenvalue weighted by atomic mass is 10.2. The summed E-state index contributed by atoms with van der Waals surface area (Å²) in [6.45, 7) is 1.65. The molecule has 0 fully saturated rings. The van der Waals surface area contributed by atoms with E-state index < -0.39 is 5.25 Å². The van der Waals surface area contributed by atoms with Crippen molar-refractivity contribution in [3.8, 4) is 0 Å². The summed E-state index contributed by atoms with van der Waals surface area (Å²) in [5.74, 6) is -0.888. The SMILES string of the molecule is Cc1ccc(NC(=O)CC2Sc3ccccc3NC2=O)cc1F. The number of rotatable bonds is 3. The number of anilines is 2. The molecule has 2 amide bonds. The van der Waals surface area contributed by atoms with Gasteiger partial charge in [0.15, 0.2) is 0 Å². The van der Waals surface area contributed by atoms with Crippen molar-refractivity contribution in [3.63, 3.8) is 0 Å². The fourth-order valence-corrected chi connectivity index (χ4v) is 3.39. The Morgan fingerprint density at radius 2 is 2.09 bits per heavy atom. The zero-order valence-electron chi connectivity index (χ0n) is 12.4. The summed E-state index contributed by atoms with van der Waals surface area (Å²) in [5, 5.41) is 4.93. The zero-order valence-corrected chi connectivity index (χ0v) is 13.2. The van der Waals surface area contributed by atoms with E-state index in [1.54, 1.807) is 19.1 Å². The minimum Gasteiger partial charge on any atom is -0.326 e. The van der Waals surface area contributed by atoms with Crippen molar-refractivity contribution in [2.45, 2.75) is 23.5 Å². The summed E-state index contributed by atoms with van der Waals surface area (Å²) in [6, 6.07) is 12.0. The van der Waals surface area contributed by atoms with Crippen molar-refractivity contribution in [1.29, 1.82) is 0 Å². The predicted octanol–water partition coefficient (Wildman–Crippen LogP) is 3.58. The molecular formula is C17H15FN2O2S. The van der Waals surface area contributed by atoms with Crippen LogP contribution in [0.2, 0.25) is 0 Å². The largest absolute Gasteiger partial charge is 0.326 e. The standard InChI is InChI=1S/C17H15FN2O2S/c1-10-6-7-11(8-12(10)18)19-16(21)9-15-17(22)20-13-4-2-3-5-14(13)23-15/h2-8,15H,9H2,1H3,(H,19,21)(H,20,22). The molecule has 0 saturated heterocycles. The quantitative estimate of drug-likeness (QED) is 0.904. The number of carbonyl (C=O) groups excluding carboxylic acids is 2. The lowest BCUT2D eigenvalue weighted by Gasteiger charge is -2.23. The van der Waals surface area contributed by atoms with Crippen molar-refractivity contribution >= 4 is 35.0 Å². The zero-order chi connectivity index (χ0) is 16.4. The van der Waals surface area contributed by atoms with Gasteiger partial charge in [-0.1, -0.05) is 18.2 Å². The van der Waals surface area contributed by atoms with E-state index in [9.17, 15) is 14.0 Å². The number of thioether (sulfide) groups is 1. The molecule has 0 spiro atoms. The molecule has 0 radical (unpaired) electrons. The number of benzene rings is 2. The third kappa shape index (κ3) is 3.53. The summed E-state index contributed by atoms with van der Waals surface area (Å²) in [5.41, 5.74) is 1.67. The van der Waals surface area contributed by atoms with E-state index in [0.29, 0.717) is 11.3 Å². The monoisotopic (exact) mass is 330 g/mol. The van der Waals surface area contributed by atoms with Gasteiger partial charge in [0.1, 0.15) is 5.82 Å². The predicted molar refractivity (Wildman–Crippen MR) is 89.1 cm³/mol. The number of hydrogen-bond donors (Lipinski definition) is 2. The van der Waals surface area contributed by atoms with Gasteiger partial charge >= 0.3 is 0 Å². The summed E-state index contributed by atoms with van der Waals surface area (Å²) >= 11 is 1.36. The molecule has 0 bridgehead atoms. The number of fused-ring (bicyclic) bond motifs is 1. The van der Waals surface area contributed by atoms with Gasteiger partial charge in [0, 0.05) is 17.0 Å².